The summed E-state index contributed by atoms with van der Waals surface area (Å²) < 4.78 is 5.63. The maximum Gasteiger partial charge on any atom is 0.226 e. The van der Waals surface area contributed by atoms with Crippen molar-refractivity contribution in [3.8, 4) is 5.75 Å². The Bertz CT molecular complexity index is 1230. The molecular weight excluding hydrogens is 410 g/mol. The first-order valence-electron chi connectivity index (χ1n) is 10.7. The maximum atomic E-state index is 12.7. The molecule has 0 radical (unpaired) electrons. The van der Waals surface area contributed by atoms with Gasteiger partial charge in [0.05, 0.1) is 24.7 Å². The SMILES string of the molecule is COc1cc2c(cc1Nc1ncnc3sc4c(c13)CC[C@@H](C(=O)N1CCC1)C4)C=NC2. The van der Waals surface area contributed by atoms with Gasteiger partial charge < -0.3 is 15.0 Å². The summed E-state index contributed by atoms with van der Waals surface area (Å²) in [6.07, 6.45) is 7.23. The number of benzene rings is 1. The van der Waals surface area contributed by atoms with Crippen LogP contribution < -0.4 is 10.1 Å². The van der Waals surface area contributed by atoms with E-state index < -0.39 is 0 Å². The normalized spacial score (nSPS) is 19.1. The second kappa shape index (κ2) is 7.30. The number of likely N-dealkylation sites (tertiary alicyclic amines) is 1. The molecule has 0 bridgehead atoms. The van der Waals surface area contributed by atoms with Gasteiger partial charge in [0.25, 0.3) is 0 Å². The van der Waals surface area contributed by atoms with E-state index in [1.54, 1.807) is 24.8 Å². The Morgan fingerprint density at radius 2 is 2.19 bits per heavy atom. The van der Waals surface area contributed by atoms with Crippen molar-refractivity contribution in [2.75, 3.05) is 25.5 Å². The molecule has 7 nitrogen and oxygen atoms in total. The number of hydrogen-bond acceptors (Lipinski definition) is 7. The minimum absolute atomic E-state index is 0.0984. The molecular formula is C23H23N5O2S. The smallest absolute Gasteiger partial charge is 0.226 e. The van der Waals surface area contributed by atoms with Gasteiger partial charge in [-0.05, 0) is 54.5 Å². The number of thiophene rings is 1. The van der Waals surface area contributed by atoms with Crippen molar-refractivity contribution >= 4 is 45.2 Å². The molecule has 2 aromatic heterocycles. The number of aryl methyl sites for hydroxylation is 1. The first-order valence-corrected chi connectivity index (χ1v) is 11.5. The van der Waals surface area contributed by atoms with Crippen LogP contribution in [0.5, 0.6) is 5.75 Å². The number of ether oxygens (including phenoxy) is 1. The van der Waals surface area contributed by atoms with Crippen LogP contribution in [0.4, 0.5) is 11.5 Å². The number of fused-ring (bicyclic) bond motifs is 4. The molecule has 3 aliphatic rings. The molecule has 6 rings (SSSR count). The Balaban J connectivity index is 1.35. The van der Waals surface area contributed by atoms with Crippen LogP contribution in [0.25, 0.3) is 10.2 Å². The topological polar surface area (TPSA) is 79.7 Å². The molecule has 1 N–H and O–H groups in total. The third-order valence-electron chi connectivity index (χ3n) is 6.57. The zero-order valence-corrected chi connectivity index (χ0v) is 18.2. The lowest BCUT2D eigenvalue weighted by molar-refractivity contribution is -0.139. The van der Waals surface area contributed by atoms with E-state index in [0.29, 0.717) is 12.5 Å². The number of amides is 1. The highest BCUT2D eigenvalue weighted by molar-refractivity contribution is 7.19. The van der Waals surface area contributed by atoms with Crippen LogP contribution in [-0.4, -0.2) is 47.2 Å². The Hall–Kier alpha value is -3.00. The maximum absolute atomic E-state index is 12.7. The van der Waals surface area contributed by atoms with Crippen LogP contribution in [0.1, 0.15) is 34.4 Å². The number of carbonyl (C=O) groups is 1. The molecule has 158 valence electrons. The molecule has 1 aromatic carbocycles. The van der Waals surface area contributed by atoms with Gasteiger partial charge in [0.2, 0.25) is 5.91 Å². The summed E-state index contributed by atoms with van der Waals surface area (Å²) in [5.41, 5.74) is 4.43. The zero-order valence-electron chi connectivity index (χ0n) is 17.4. The molecule has 1 amide bonds. The van der Waals surface area contributed by atoms with E-state index in [-0.39, 0.29) is 5.92 Å². The zero-order chi connectivity index (χ0) is 20.9. The number of methoxy groups -OCH3 is 1. The minimum Gasteiger partial charge on any atom is -0.495 e. The van der Waals surface area contributed by atoms with Gasteiger partial charge in [0.15, 0.2) is 0 Å². The van der Waals surface area contributed by atoms with Crippen LogP contribution >= 0.6 is 11.3 Å². The van der Waals surface area contributed by atoms with Gasteiger partial charge in [-0.3, -0.25) is 9.79 Å². The monoisotopic (exact) mass is 433 g/mol. The van der Waals surface area contributed by atoms with Crippen LogP contribution in [0.15, 0.2) is 23.5 Å². The first kappa shape index (κ1) is 18.7. The number of hydrogen-bond donors (Lipinski definition) is 1. The lowest BCUT2D eigenvalue weighted by atomic mass is 9.86. The fraction of sp³-hybridized carbons (Fsp3) is 0.391. The standard InChI is InChI=1S/C23H23N5O2S/c1-30-18-8-15-11-24-10-14(15)7-17(18)27-21-20-16-4-3-13(23(29)28-5-2-6-28)9-19(16)31-22(20)26-12-25-21/h7-8,10,12-13H,2-6,9,11H2,1H3,(H,25,26,27)/t13-/m1/s1. The fourth-order valence-corrected chi connectivity index (χ4v) is 6.01. The Labute approximate surface area is 184 Å². The highest BCUT2D eigenvalue weighted by Gasteiger charge is 2.33. The molecule has 0 spiro atoms. The Morgan fingerprint density at radius 1 is 1.29 bits per heavy atom. The summed E-state index contributed by atoms with van der Waals surface area (Å²) in [7, 11) is 1.68. The molecule has 8 heteroatoms. The van der Waals surface area contributed by atoms with Crippen LogP contribution in [0.3, 0.4) is 0 Å². The van der Waals surface area contributed by atoms with Gasteiger partial charge in [0.1, 0.15) is 22.7 Å². The number of aromatic nitrogens is 2. The van der Waals surface area contributed by atoms with Gasteiger partial charge in [0, 0.05) is 30.1 Å². The van der Waals surface area contributed by atoms with Crippen molar-refractivity contribution in [2.24, 2.45) is 10.9 Å². The number of nitrogens with one attached hydrogen (secondary N) is 1. The number of nitrogens with zero attached hydrogens (tertiary/aromatic N) is 4. The molecule has 4 heterocycles. The Morgan fingerprint density at radius 3 is 3.00 bits per heavy atom. The largest absolute Gasteiger partial charge is 0.495 e. The van der Waals surface area contributed by atoms with Gasteiger partial charge in [-0.25, -0.2) is 9.97 Å². The molecule has 1 saturated heterocycles. The van der Waals surface area contributed by atoms with Crippen LogP contribution in [0, 0.1) is 5.92 Å². The van der Waals surface area contributed by atoms with E-state index in [0.717, 1.165) is 71.8 Å². The average molecular weight is 434 g/mol. The van der Waals surface area contributed by atoms with Gasteiger partial charge in [-0.1, -0.05) is 0 Å². The molecule has 1 aliphatic carbocycles. The number of aliphatic imine (C=N–C) groups is 1. The van der Waals surface area contributed by atoms with Gasteiger partial charge in [-0.2, -0.15) is 0 Å². The summed E-state index contributed by atoms with van der Waals surface area (Å²) in [5.74, 6) is 1.99. The number of carbonyl (C=O) groups excluding carboxylic acids is 1. The van der Waals surface area contributed by atoms with Crippen LogP contribution in [0.2, 0.25) is 0 Å². The summed E-state index contributed by atoms with van der Waals surface area (Å²) in [4.78, 5) is 30.5. The van der Waals surface area contributed by atoms with E-state index in [4.69, 9.17) is 4.74 Å². The van der Waals surface area contributed by atoms with E-state index in [2.05, 4.69) is 26.3 Å². The minimum atomic E-state index is 0.0984. The lowest BCUT2D eigenvalue weighted by Gasteiger charge is -2.35. The molecule has 0 saturated carbocycles. The van der Waals surface area contributed by atoms with Crippen molar-refractivity contribution in [1.29, 1.82) is 0 Å². The number of rotatable bonds is 4. The third-order valence-corrected chi connectivity index (χ3v) is 7.73. The van der Waals surface area contributed by atoms with Gasteiger partial charge in [-0.15, -0.1) is 11.3 Å². The van der Waals surface area contributed by atoms with Gasteiger partial charge >= 0.3 is 0 Å². The molecule has 31 heavy (non-hydrogen) atoms. The van der Waals surface area contributed by atoms with E-state index in [1.165, 1.54) is 16.0 Å². The molecule has 0 unspecified atom stereocenters. The first-order chi connectivity index (χ1) is 15.2. The summed E-state index contributed by atoms with van der Waals surface area (Å²) in [5, 5.41) is 4.57. The lowest BCUT2D eigenvalue weighted by Crippen LogP contribution is -2.46. The average Bonchev–Trinajstić information content (AvgIpc) is 3.35. The Kier molecular flexibility index (Phi) is 4.41. The summed E-state index contributed by atoms with van der Waals surface area (Å²) >= 11 is 1.70. The summed E-state index contributed by atoms with van der Waals surface area (Å²) in [6, 6.07) is 4.11. The quantitative estimate of drug-likeness (QED) is 0.678. The second-order valence-electron chi connectivity index (χ2n) is 8.37. The molecule has 1 atom stereocenters. The second-order valence-corrected chi connectivity index (χ2v) is 9.45. The van der Waals surface area contributed by atoms with Crippen LogP contribution in [-0.2, 0) is 24.2 Å². The highest BCUT2D eigenvalue weighted by atomic mass is 32.1. The van der Waals surface area contributed by atoms with Crippen molar-refractivity contribution < 1.29 is 9.53 Å². The van der Waals surface area contributed by atoms with E-state index >= 15 is 0 Å². The molecule has 3 aromatic rings. The van der Waals surface area contributed by atoms with Crippen molar-refractivity contribution in [1.82, 2.24) is 14.9 Å². The molecule has 1 fully saturated rings. The van der Waals surface area contributed by atoms with Crippen molar-refractivity contribution in [3.05, 3.63) is 40.0 Å². The predicted molar refractivity (Wildman–Crippen MR) is 122 cm³/mol. The predicted octanol–water partition coefficient (Wildman–Crippen LogP) is 3.71. The van der Waals surface area contributed by atoms with E-state index in [1.807, 2.05) is 17.2 Å². The number of anilines is 2. The third kappa shape index (κ3) is 3.08. The highest BCUT2D eigenvalue weighted by Crippen LogP contribution is 2.42. The van der Waals surface area contributed by atoms with Crippen molar-refractivity contribution in [2.45, 2.75) is 32.2 Å². The fourth-order valence-electron chi connectivity index (χ4n) is 4.74. The summed E-state index contributed by atoms with van der Waals surface area (Å²) in [6.45, 7) is 2.53. The van der Waals surface area contributed by atoms with E-state index in [9.17, 15) is 4.79 Å². The molecule has 2 aliphatic heterocycles. The van der Waals surface area contributed by atoms with Crippen molar-refractivity contribution in [3.63, 3.8) is 0 Å².